The molecule has 6 nitrogen and oxygen atoms in total. The first-order valence-corrected chi connectivity index (χ1v) is 10.1. The first-order chi connectivity index (χ1) is 12.3. The molecule has 1 unspecified atom stereocenters. The number of nitrogens with zero attached hydrogens (tertiary/aromatic N) is 1. The van der Waals surface area contributed by atoms with E-state index in [0.29, 0.717) is 12.3 Å². The summed E-state index contributed by atoms with van der Waals surface area (Å²) in [6.45, 7) is 0.506. The van der Waals surface area contributed by atoms with Gasteiger partial charge in [-0.15, -0.1) is 0 Å². The van der Waals surface area contributed by atoms with Crippen molar-refractivity contribution in [3.63, 3.8) is 0 Å². The molecule has 0 spiro atoms. The molecule has 9 heteroatoms. The molecule has 0 saturated carbocycles. The molecular weight excluding hydrogens is 397 g/mol. The number of halogens is 2. The lowest BCUT2D eigenvalue weighted by atomic mass is 10.1. The van der Waals surface area contributed by atoms with Gasteiger partial charge in [-0.05, 0) is 48.7 Å². The molecule has 1 aliphatic heterocycles. The maximum Gasteiger partial charge on any atom is 0.282 e. The van der Waals surface area contributed by atoms with Crippen molar-refractivity contribution < 1.29 is 13.2 Å². The van der Waals surface area contributed by atoms with Crippen molar-refractivity contribution in [2.45, 2.75) is 23.8 Å². The molecule has 3 rings (SSSR count). The summed E-state index contributed by atoms with van der Waals surface area (Å²) in [5.74, 6) is 0. The normalized spacial score (nSPS) is 16.8. The molecule has 0 aromatic heterocycles. The summed E-state index contributed by atoms with van der Waals surface area (Å²) in [6, 6.07) is 11.6. The molecule has 0 amide bonds. The Morgan fingerprint density at radius 2 is 1.81 bits per heavy atom. The second-order valence-corrected chi connectivity index (χ2v) is 8.43. The van der Waals surface area contributed by atoms with E-state index in [4.69, 9.17) is 33.7 Å². The number of aryl methyl sites for hydroxylation is 1. The predicted octanol–water partition coefficient (Wildman–Crippen LogP) is 3.44. The van der Waals surface area contributed by atoms with Gasteiger partial charge in [-0.25, -0.2) is 13.4 Å². The number of anilines is 1. The van der Waals surface area contributed by atoms with E-state index in [-0.39, 0.29) is 27.0 Å². The summed E-state index contributed by atoms with van der Waals surface area (Å²) in [6.07, 6.45) is 1.61. The quantitative estimate of drug-likeness (QED) is 0.757. The Morgan fingerprint density at radius 3 is 2.38 bits per heavy atom. The molecule has 1 atom stereocenters. The monoisotopic (exact) mass is 413 g/mol. The SMILES string of the molecule is NC1=NC(CCc2ccc(NS(=O)(=O)c3cc(Cl)cc(Cl)c3)cc2)CO1. The molecule has 2 aromatic carbocycles. The van der Waals surface area contributed by atoms with Crippen LogP contribution in [0, 0.1) is 0 Å². The molecule has 2 aromatic rings. The van der Waals surface area contributed by atoms with Crippen molar-refractivity contribution in [3.8, 4) is 0 Å². The molecule has 1 heterocycles. The van der Waals surface area contributed by atoms with Gasteiger partial charge in [0.15, 0.2) is 0 Å². The van der Waals surface area contributed by atoms with Crippen LogP contribution in [0.3, 0.4) is 0 Å². The van der Waals surface area contributed by atoms with Gasteiger partial charge in [0.25, 0.3) is 16.0 Å². The van der Waals surface area contributed by atoms with E-state index in [1.807, 2.05) is 12.1 Å². The number of nitrogens with two attached hydrogens (primary N) is 1. The average molecular weight is 414 g/mol. The fraction of sp³-hybridized carbons (Fsp3) is 0.235. The number of benzene rings is 2. The van der Waals surface area contributed by atoms with E-state index >= 15 is 0 Å². The van der Waals surface area contributed by atoms with Crippen LogP contribution in [0.25, 0.3) is 0 Å². The minimum atomic E-state index is -3.77. The van der Waals surface area contributed by atoms with E-state index in [1.165, 1.54) is 18.2 Å². The highest BCUT2D eigenvalue weighted by Crippen LogP contribution is 2.24. The minimum Gasteiger partial charge on any atom is -0.463 e. The van der Waals surface area contributed by atoms with E-state index in [2.05, 4.69) is 9.71 Å². The molecule has 0 fully saturated rings. The lowest BCUT2D eigenvalue weighted by Crippen LogP contribution is -2.13. The smallest absolute Gasteiger partial charge is 0.282 e. The van der Waals surface area contributed by atoms with E-state index in [0.717, 1.165) is 18.4 Å². The molecule has 3 N–H and O–H groups in total. The third-order valence-electron chi connectivity index (χ3n) is 3.85. The van der Waals surface area contributed by atoms with Crippen LogP contribution in [-0.2, 0) is 21.2 Å². The maximum absolute atomic E-state index is 12.5. The molecule has 0 bridgehead atoms. The lowest BCUT2D eigenvalue weighted by molar-refractivity contribution is 0.308. The maximum atomic E-state index is 12.5. The average Bonchev–Trinajstić information content (AvgIpc) is 2.98. The van der Waals surface area contributed by atoms with Gasteiger partial charge in [-0.2, -0.15) is 0 Å². The zero-order chi connectivity index (χ0) is 18.7. The Labute approximate surface area is 162 Å². The number of amidine groups is 1. The van der Waals surface area contributed by atoms with Crippen LogP contribution >= 0.6 is 23.2 Å². The van der Waals surface area contributed by atoms with Crippen molar-refractivity contribution in [2.24, 2.45) is 10.7 Å². The molecule has 26 heavy (non-hydrogen) atoms. The van der Waals surface area contributed by atoms with Gasteiger partial charge >= 0.3 is 0 Å². The molecule has 0 radical (unpaired) electrons. The Kier molecular flexibility index (Phi) is 5.60. The van der Waals surface area contributed by atoms with Crippen molar-refractivity contribution in [1.82, 2.24) is 0 Å². The Bertz CT molecular complexity index is 911. The second kappa shape index (κ2) is 7.73. The fourth-order valence-electron chi connectivity index (χ4n) is 2.55. The van der Waals surface area contributed by atoms with Crippen molar-refractivity contribution >= 4 is 44.9 Å². The van der Waals surface area contributed by atoms with Gasteiger partial charge in [-0.3, -0.25) is 4.72 Å². The first-order valence-electron chi connectivity index (χ1n) is 7.86. The zero-order valence-electron chi connectivity index (χ0n) is 13.7. The van der Waals surface area contributed by atoms with E-state index < -0.39 is 10.0 Å². The van der Waals surface area contributed by atoms with Gasteiger partial charge in [0.2, 0.25) is 0 Å². The fourth-order valence-corrected chi connectivity index (χ4v) is 4.34. The van der Waals surface area contributed by atoms with Gasteiger partial charge in [0.1, 0.15) is 6.61 Å². The van der Waals surface area contributed by atoms with Crippen molar-refractivity contribution in [3.05, 3.63) is 58.1 Å². The Morgan fingerprint density at radius 1 is 1.15 bits per heavy atom. The standard InChI is InChI=1S/C17H17Cl2N3O3S/c18-12-7-13(19)9-16(8-12)26(23,24)22-14-4-1-11(2-5-14)3-6-15-10-25-17(20)21-15/h1-2,4-5,7-9,15,22H,3,6,10H2,(H2,20,21). The summed E-state index contributed by atoms with van der Waals surface area (Å²) < 4.78 is 32.5. The van der Waals surface area contributed by atoms with Crippen LogP contribution in [0.2, 0.25) is 10.0 Å². The molecule has 0 saturated heterocycles. The molecular formula is C17H17Cl2N3O3S. The Balaban J connectivity index is 1.65. The lowest BCUT2D eigenvalue weighted by Gasteiger charge is -2.10. The molecule has 138 valence electrons. The third kappa shape index (κ3) is 4.81. The number of nitrogens with one attached hydrogen (secondary N) is 1. The van der Waals surface area contributed by atoms with Gasteiger partial charge in [0.05, 0.1) is 10.9 Å². The summed E-state index contributed by atoms with van der Waals surface area (Å²) in [5, 5.41) is 0.514. The number of hydrogen-bond acceptors (Lipinski definition) is 5. The predicted molar refractivity (Wildman–Crippen MR) is 103 cm³/mol. The molecule has 1 aliphatic rings. The third-order valence-corrected chi connectivity index (χ3v) is 5.65. The number of sulfonamides is 1. The second-order valence-electron chi connectivity index (χ2n) is 5.88. The molecule has 0 aliphatic carbocycles. The highest BCUT2D eigenvalue weighted by Gasteiger charge is 2.17. The van der Waals surface area contributed by atoms with Crippen molar-refractivity contribution in [2.75, 3.05) is 11.3 Å². The first kappa shape index (κ1) is 18.8. The van der Waals surface area contributed by atoms with Crippen LogP contribution in [0.15, 0.2) is 52.4 Å². The Hall–Kier alpha value is -1.96. The number of aliphatic imine (C=N–C) groups is 1. The van der Waals surface area contributed by atoms with Crippen LogP contribution < -0.4 is 10.5 Å². The minimum absolute atomic E-state index is 0.00996. The van der Waals surface area contributed by atoms with Crippen LogP contribution in [0.5, 0.6) is 0 Å². The summed E-state index contributed by atoms with van der Waals surface area (Å²) >= 11 is 11.7. The van der Waals surface area contributed by atoms with Crippen LogP contribution in [0.4, 0.5) is 5.69 Å². The van der Waals surface area contributed by atoms with Crippen LogP contribution in [-0.4, -0.2) is 27.1 Å². The zero-order valence-corrected chi connectivity index (χ0v) is 16.0. The topological polar surface area (TPSA) is 93.8 Å². The van der Waals surface area contributed by atoms with Gasteiger partial charge in [0, 0.05) is 15.7 Å². The van der Waals surface area contributed by atoms with Gasteiger partial charge < -0.3 is 10.5 Å². The highest BCUT2D eigenvalue weighted by atomic mass is 35.5. The summed E-state index contributed by atoms with van der Waals surface area (Å²) in [5.41, 5.74) is 7.01. The number of hydrogen-bond donors (Lipinski definition) is 2. The van der Waals surface area contributed by atoms with E-state index in [1.54, 1.807) is 12.1 Å². The van der Waals surface area contributed by atoms with Crippen molar-refractivity contribution in [1.29, 1.82) is 0 Å². The summed E-state index contributed by atoms with van der Waals surface area (Å²) in [7, 11) is -3.77. The van der Waals surface area contributed by atoms with Gasteiger partial charge in [-0.1, -0.05) is 35.3 Å². The van der Waals surface area contributed by atoms with E-state index in [9.17, 15) is 8.42 Å². The highest BCUT2D eigenvalue weighted by molar-refractivity contribution is 7.92. The summed E-state index contributed by atoms with van der Waals surface area (Å²) in [4.78, 5) is 4.19. The number of rotatable bonds is 6. The van der Waals surface area contributed by atoms with Crippen LogP contribution in [0.1, 0.15) is 12.0 Å². The number of ether oxygens (including phenoxy) is 1. The largest absolute Gasteiger partial charge is 0.463 e.